The lowest BCUT2D eigenvalue weighted by molar-refractivity contribution is -0.124. The highest BCUT2D eigenvalue weighted by atomic mass is 19.2. The minimum absolute atomic E-state index is 0.0283. The van der Waals surface area contributed by atoms with Crippen molar-refractivity contribution in [3.63, 3.8) is 0 Å². The van der Waals surface area contributed by atoms with Gasteiger partial charge in [-0.25, -0.2) is 13.2 Å². The van der Waals surface area contributed by atoms with Crippen LogP contribution in [0.4, 0.5) is 13.2 Å². The van der Waals surface area contributed by atoms with E-state index in [1.807, 2.05) is 0 Å². The average molecular weight is 348 g/mol. The Morgan fingerprint density at radius 1 is 0.960 bits per heavy atom. The Morgan fingerprint density at radius 3 is 2.20 bits per heavy atom. The monoisotopic (exact) mass is 348 g/mol. The first kappa shape index (κ1) is 17.2. The lowest BCUT2D eigenvalue weighted by Crippen LogP contribution is -2.17. The number of benzene rings is 2. The van der Waals surface area contributed by atoms with Gasteiger partial charge < -0.3 is 4.74 Å². The van der Waals surface area contributed by atoms with Crippen molar-refractivity contribution >= 4 is 11.6 Å². The molecule has 0 spiro atoms. The van der Waals surface area contributed by atoms with Crippen LogP contribution in [0.5, 0.6) is 5.75 Å². The predicted molar refractivity (Wildman–Crippen MR) is 84.8 cm³/mol. The lowest BCUT2D eigenvalue weighted by Gasteiger charge is -2.16. The number of hydrogen-bond acceptors (Lipinski definition) is 3. The fourth-order valence-electron chi connectivity index (χ4n) is 3.15. The minimum atomic E-state index is -1.19. The predicted octanol–water partition coefficient (Wildman–Crippen LogP) is 4.04. The molecule has 0 radical (unpaired) electrons. The largest absolute Gasteiger partial charge is 0.496 e. The first-order valence-electron chi connectivity index (χ1n) is 7.72. The SMILES string of the molecule is COc1cc(-c2ccc(F)c(F)c2)cc(F)c1C1C(=O)C[C@@H](C)C1=O. The molecule has 2 atom stereocenters. The number of ketones is 2. The molecule has 0 heterocycles. The number of rotatable bonds is 3. The number of halogens is 3. The van der Waals surface area contributed by atoms with E-state index in [-0.39, 0.29) is 40.4 Å². The van der Waals surface area contributed by atoms with E-state index in [9.17, 15) is 22.8 Å². The third-order valence-electron chi connectivity index (χ3n) is 4.45. The van der Waals surface area contributed by atoms with E-state index in [1.54, 1.807) is 6.92 Å². The molecule has 6 heteroatoms. The summed E-state index contributed by atoms with van der Waals surface area (Å²) in [5.41, 5.74) is 0.399. The van der Waals surface area contributed by atoms with Gasteiger partial charge in [0.15, 0.2) is 17.4 Å². The molecule has 1 aliphatic rings. The molecule has 25 heavy (non-hydrogen) atoms. The number of methoxy groups -OCH3 is 1. The van der Waals surface area contributed by atoms with Crippen LogP contribution in [-0.2, 0) is 9.59 Å². The number of hydrogen-bond donors (Lipinski definition) is 0. The first-order chi connectivity index (χ1) is 11.8. The number of Topliss-reactive ketones (excluding diaryl/α,β-unsaturated/α-hetero) is 2. The summed E-state index contributed by atoms with van der Waals surface area (Å²) >= 11 is 0. The molecule has 130 valence electrons. The molecule has 3 nitrogen and oxygen atoms in total. The molecule has 2 aromatic carbocycles. The van der Waals surface area contributed by atoms with Crippen molar-refractivity contribution in [1.82, 2.24) is 0 Å². The Hall–Kier alpha value is -2.63. The second-order valence-electron chi connectivity index (χ2n) is 6.11. The van der Waals surface area contributed by atoms with Crippen LogP contribution in [0.2, 0.25) is 0 Å². The fourth-order valence-corrected chi connectivity index (χ4v) is 3.15. The van der Waals surface area contributed by atoms with Gasteiger partial charge in [-0.1, -0.05) is 13.0 Å². The quantitative estimate of drug-likeness (QED) is 0.786. The van der Waals surface area contributed by atoms with Crippen molar-refractivity contribution in [2.75, 3.05) is 7.11 Å². The zero-order chi connectivity index (χ0) is 18.3. The standard InChI is InChI=1S/C19H15F3O3/c1-9-5-15(23)18(19(9)24)17-14(22)7-11(8-16(17)25-2)10-3-4-12(20)13(21)6-10/h3-4,6-9,18H,5H2,1-2H3/t9-,18?/m1/s1. The van der Waals surface area contributed by atoms with E-state index in [1.165, 1.54) is 19.2 Å². The summed E-state index contributed by atoms with van der Waals surface area (Å²) in [6.45, 7) is 1.63. The summed E-state index contributed by atoms with van der Waals surface area (Å²) in [5, 5.41) is 0. The molecule has 0 N–H and O–H groups in total. The minimum Gasteiger partial charge on any atom is -0.496 e. The van der Waals surface area contributed by atoms with E-state index in [2.05, 4.69) is 0 Å². The molecule has 1 unspecified atom stereocenters. The third-order valence-corrected chi connectivity index (χ3v) is 4.45. The molecular weight excluding hydrogens is 333 g/mol. The van der Waals surface area contributed by atoms with Gasteiger partial charge in [0, 0.05) is 17.9 Å². The molecule has 3 rings (SSSR count). The van der Waals surface area contributed by atoms with Gasteiger partial charge in [0.05, 0.1) is 7.11 Å². The van der Waals surface area contributed by atoms with Gasteiger partial charge in [0.1, 0.15) is 23.3 Å². The lowest BCUT2D eigenvalue weighted by atomic mass is 9.91. The molecule has 2 aromatic rings. The molecule has 0 amide bonds. The smallest absolute Gasteiger partial charge is 0.159 e. The van der Waals surface area contributed by atoms with E-state index in [0.29, 0.717) is 0 Å². The van der Waals surface area contributed by atoms with Crippen molar-refractivity contribution in [2.45, 2.75) is 19.3 Å². The summed E-state index contributed by atoms with van der Waals surface area (Å²) < 4.78 is 46.4. The van der Waals surface area contributed by atoms with E-state index in [0.717, 1.165) is 18.2 Å². The van der Waals surface area contributed by atoms with E-state index < -0.39 is 29.3 Å². The summed E-state index contributed by atoms with van der Waals surface area (Å²) in [7, 11) is 1.29. The Bertz CT molecular complexity index is 876. The molecule has 0 saturated heterocycles. The van der Waals surface area contributed by atoms with Crippen LogP contribution in [0.1, 0.15) is 24.8 Å². The zero-order valence-electron chi connectivity index (χ0n) is 13.6. The molecular formula is C19H15F3O3. The normalized spacial score (nSPS) is 20.2. The summed E-state index contributed by atoms with van der Waals surface area (Å²) in [5.74, 6) is -5.19. The topological polar surface area (TPSA) is 43.4 Å². The van der Waals surface area contributed by atoms with Gasteiger partial charge in [-0.15, -0.1) is 0 Å². The maximum Gasteiger partial charge on any atom is 0.159 e. The van der Waals surface area contributed by atoms with Gasteiger partial charge in [-0.05, 0) is 35.4 Å². The highest BCUT2D eigenvalue weighted by Crippen LogP contribution is 2.40. The van der Waals surface area contributed by atoms with Crippen LogP contribution >= 0.6 is 0 Å². The van der Waals surface area contributed by atoms with Gasteiger partial charge >= 0.3 is 0 Å². The Kier molecular flexibility index (Phi) is 4.37. The molecule has 0 aromatic heterocycles. The maximum absolute atomic E-state index is 14.7. The highest BCUT2D eigenvalue weighted by Gasteiger charge is 2.42. The molecule has 1 fully saturated rings. The summed E-state index contributed by atoms with van der Waals surface area (Å²) in [6.07, 6.45) is 0.0665. The number of carbonyl (C=O) groups is 2. The molecule has 1 saturated carbocycles. The van der Waals surface area contributed by atoms with Gasteiger partial charge in [0.2, 0.25) is 0 Å². The second kappa shape index (κ2) is 6.35. The third kappa shape index (κ3) is 2.92. The van der Waals surface area contributed by atoms with Gasteiger partial charge in [-0.3, -0.25) is 9.59 Å². The van der Waals surface area contributed by atoms with Gasteiger partial charge in [0.25, 0.3) is 0 Å². The molecule has 0 bridgehead atoms. The van der Waals surface area contributed by atoms with Crippen LogP contribution in [0.25, 0.3) is 11.1 Å². The van der Waals surface area contributed by atoms with Crippen molar-refractivity contribution in [1.29, 1.82) is 0 Å². The Morgan fingerprint density at radius 2 is 1.64 bits per heavy atom. The summed E-state index contributed by atoms with van der Waals surface area (Å²) in [6, 6.07) is 5.69. The average Bonchev–Trinajstić information content (AvgIpc) is 2.82. The summed E-state index contributed by atoms with van der Waals surface area (Å²) in [4.78, 5) is 24.4. The van der Waals surface area contributed by atoms with Crippen molar-refractivity contribution in [3.8, 4) is 16.9 Å². The van der Waals surface area contributed by atoms with Crippen LogP contribution in [0.3, 0.4) is 0 Å². The number of carbonyl (C=O) groups excluding carboxylic acids is 2. The van der Waals surface area contributed by atoms with Gasteiger partial charge in [-0.2, -0.15) is 0 Å². The van der Waals surface area contributed by atoms with Crippen LogP contribution in [0.15, 0.2) is 30.3 Å². The van der Waals surface area contributed by atoms with Crippen molar-refractivity contribution < 1.29 is 27.5 Å². The molecule has 0 aliphatic heterocycles. The van der Waals surface area contributed by atoms with E-state index in [4.69, 9.17) is 4.74 Å². The Labute approximate surface area is 142 Å². The van der Waals surface area contributed by atoms with Crippen molar-refractivity contribution in [2.24, 2.45) is 5.92 Å². The zero-order valence-corrected chi connectivity index (χ0v) is 13.6. The van der Waals surface area contributed by atoms with Crippen LogP contribution < -0.4 is 4.74 Å². The first-order valence-corrected chi connectivity index (χ1v) is 7.72. The molecule has 1 aliphatic carbocycles. The highest BCUT2D eigenvalue weighted by molar-refractivity contribution is 6.14. The second-order valence-corrected chi connectivity index (χ2v) is 6.11. The Balaban J connectivity index is 2.12. The maximum atomic E-state index is 14.7. The van der Waals surface area contributed by atoms with Crippen LogP contribution in [0, 0.1) is 23.4 Å². The fraction of sp³-hybridized carbons (Fsp3) is 0.263. The van der Waals surface area contributed by atoms with Crippen molar-refractivity contribution in [3.05, 3.63) is 53.3 Å². The van der Waals surface area contributed by atoms with E-state index >= 15 is 0 Å². The number of ether oxygens (including phenoxy) is 1. The van der Waals surface area contributed by atoms with Crippen LogP contribution in [-0.4, -0.2) is 18.7 Å².